The maximum atomic E-state index is 8.59. The Kier molecular flexibility index (Phi) is 4.45. The molecule has 0 spiro atoms. The van der Waals surface area contributed by atoms with Gasteiger partial charge in [-0.25, -0.2) is 4.98 Å². The minimum Gasteiger partial charge on any atom is -0.476 e. The maximum Gasteiger partial charge on any atom is 0.214 e. The second-order valence-corrected chi connectivity index (χ2v) is 2.67. The number of pyridine rings is 1. The van der Waals surface area contributed by atoms with Gasteiger partial charge in [0.2, 0.25) is 5.88 Å². The zero-order chi connectivity index (χ0) is 10.2. The van der Waals surface area contributed by atoms with E-state index in [0.29, 0.717) is 18.2 Å². The summed E-state index contributed by atoms with van der Waals surface area (Å²) in [7, 11) is 0. The first-order chi connectivity index (χ1) is 6.86. The number of hydrogen-bond donors (Lipinski definition) is 1. The first-order valence-corrected chi connectivity index (χ1v) is 4.57. The van der Waals surface area contributed by atoms with E-state index in [1.807, 2.05) is 13.0 Å². The van der Waals surface area contributed by atoms with Crippen molar-refractivity contribution in [1.82, 2.24) is 10.3 Å². The molecule has 1 aromatic heterocycles. The van der Waals surface area contributed by atoms with Crippen LogP contribution in [0, 0.1) is 11.3 Å². The molecular formula is C10H13N3O. The molecule has 0 aliphatic rings. The van der Waals surface area contributed by atoms with E-state index in [-0.39, 0.29) is 0 Å². The van der Waals surface area contributed by atoms with Gasteiger partial charge in [-0.15, -0.1) is 0 Å². The number of nitrogens with zero attached hydrogens (tertiary/aromatic N) is 2. The monoisotopic (exact) mass is 191 g/mol. The molecule has 0 amide bonds. The predicted molar refractivity (Wildman–Crippen MR) is 53.0 cm³/mol. The molecule has 0 atom stereocenters. The Morgan fingerprint density at radius 2 is 2.43 bits per heavy atom. The van der Waals surface area contributed by atoms with Gasteiger partial charge in [0.1, 0.15) is 18.4 Å². The van der Waals surface area contributed by atoms with Gasteiger partial charge < -0.3 is 10.1 Å². The van der Waals surface area contributed by atoms with Crippen LogP contribution in [-0.2, 0) is 0 Å². The largest absolute Gasteiger partial charge is 0.476 e. The van der Waals surface area contributed by atoms with Crippen LogP contribution in [0.2, 0.25) is 0 Å². The molecule has 0 radical (unpaired) electrons. The topological polar surface area (TPSA) is 57.9 Å². The summed E-state index contributed by atoms with van der Waals surface area (Å²) in [5.41, 5.74) is 0.381. The highest BCUT2D eigenvalue weighted by molar-refractivity contribution is 5.24. The van der Waals surface area contributed by atoms with Crippen LogP contribution < -0.4 is 10.1 Å². The summed E-state index contributed by atoms with van der Waals surface area (Å²) >= 11 is 0. The number of rotatable bonds is 5. The van der Waals surface area contributed by atoms with Crippen LogP contribution in [0.5, 0.6) is 5.88 Å². The summed E-state index contributed by atoms with van der Waals surface area (Å²) in [6, 6.07) is 7.11. The highest BCUT2D eigenvalue weighted by Gasteiger charge is 1.96. The number of hydrogen-bond acceptors (Lipinski definition) is 4. The Balaban J connectivity index is 2.39. The van der Waals surface area contributed by atoms with Gasteiger partial charge in [0.15, 0.2) is 0 Å². The molecule has 0 aliphatic carbocycles. The van der Waals surface area contributed by atoms with Crippen molar-refractivity contribution >= 4 is 0 Å². The zero-order valence-electron chi connectivity index (χ0n) is 8.16. The van der Waals surface area contributed by atoms with Gasteiger partial charge in [-0.05, 0) is 12.6 Å². The molecule has 0 unspecified atom stereocenters. The SMILES string of the molecule is CCNCCOc1cccc(C#N)n1. The summed E-state index contributed by atoms with van der Waals surface area (Å²) in [4.78, 5) is 3.98. The highest BCUT2D eigenvalue weighted by atomic mass is 16.5. The molecule has 0 aromatic carbocycles. The zero-order valence-corrected chi connectivity index (χ0v) is 8.16. The van der Waals surface area contributed by atoms with Crippen LogP contribution in [0.4, 0.5) is 0 Å². The molecule has 0 aliphatic heterocycles. The lowest BCUT2D eigenvalue weighted by Gasteiger charge is -2.04. The fourth-order valence-electron chi connectivity index (χ4n) is 0.962. The average molecular weight is 191 g/mol. The van der Waals surface area contributed by atoms with Gasteiger partial charge in [0.05, 0.1) is 0 Å². The third kappa shape index (κ3) is 3.42. The number of nitriles is 1. The molecule has 1 rings (SSSR count). The van der Waals surface area contributed by atoms with Gasteiger partial charge in [0, 0.05) is 12.6 Å². The predicted octanol–water partition coefficient (Wildman–Crippen LogP) is 0.942. The molecule has 0 bridgehead atoms. The van der Waals surface area contributed by atoms with Crippen molar-refractivity contribution in [1.29, 1.82) is 5.26 Å². The second kappa shape index (κ2) is 5.95. The Hall–Kier alpha value is -1.60. The van der Waals surface area contributed by atoms with Gasteiger partial charge in [-0.3, -0.25) is 0 Å². The van der Waals surface area contributed by atoms with Gasteiger partial charge in [-0.2, -0.15) is 5.26 Å². The van der Waals surface area contributed by atoms with E-state index in [2.05, 4.69) is 10.3 Å². The molecule has 0 fully saturated rings. The molecule has 1 aromatic rings. The summed E-state index contributed by atoms with van der Waals surface area (Å²) in [6.07, 6.45) is 0. The van der Waals surface area contributed by atoms with Gasteiger partial charge in [0.25, 0.3) is 0 Å². The minimum absolute atomic E-state index is 0.381. The van der Waals surface area contributed by atoms with E-state index in [4.69, 9.17) is 10.00 Å². The molecule has 14 heavy (non-hydrogen) atoms. The number of aromatic nitrogens is 1. The number of likely N-dealkylation sites (N-methyl/N-ethyl adjacent to an activating group) is 1. The van der Waals surface area contributed by atoms with Crippen LogP contribution in [0.1, 0.15) is 12.6 Å². The Bertz CT molecular complexity index is 319. The summed E-state index contributed by atoms with van der Waals surface area (Å²) in [5.74, 6) is 0.502. The van der Waals surface area contributed by atoms with E-state index in [0.717, 1.165) is 13.1 Å². The van der Waals surface area contributed by atoms with E-state index in [1.165, 1.54) is 0 Å². The smallest absolute Gasteiger partial charge is 0.214 e. The molecule has 0 saturated carbocycles. The van der Waals surface area contributed by atoms with E-state index in [9.17, 15) is 0 Å². The van der Waals surface area contributed by atoms with Crippen LogP contribution in [0.25, 0.3) is 0 Å². The van der Waals surface area contributed by atoms with Gasteiger partial charge in [-0.1, -0.05) is 13.0 Å². The van der Waals surface area contributed by atoms with Crippen molar-refractivity contribution in [3.8, 4) is 11.9 Å². The lowest BCUT2D eigenvalue weighted by molar-refractivity contribution is 0.303. The maximum absolute atomic E-state index is 8.59. The molecular weight excluding hydrogens is 178 g/mol. The Morgan fingerprint density at radius 1 is 1.57 bits per heavy atom. The minimum atomic E-state index is 0.381. The lowest BCUT2D eigenvalue weighted by Crippen LogP contribution is -2.20. The van der Waals surface area contributed by atoms with E-state index < -0.39 is 0 Å². The summed E-state index contributed by atoms with van der Waals surface area (Å²) in [5, 5.41) is 11.7. The summed E-state index contributed by atoms with van der Waals surface area (Å²) in [6.45, 7) is 4.31. The van der Waals surface area contributed by atoms with Crippen molar-refractivity contribution in [2.75, 3.05) is 19.7 Å². The first kappa shape index (κ1) is 10.5. The van der Waals surface area contributed by atoms with Gasteiger partial charge >= 0.3 is 0 Å². The second-order valence-electron chi connectivity index (χ2n) is 2.67. The lowest BCUT2D eigenvalue weighted by atomic mass is 10.4. The standard InChI is InChI=1S/C10H13N3O/c1-2-12-6-7-14-10-5-3-4-9(8-11)13-10/h3-5,12H,2,6-7H2,1H3. The van der Waals surface area contributed by atoms with Crippen molar-refractivity contribution in [3.63, 3.8) is 0 Å². The first-order valence-electron chi connectivity index (χ1n) is 4.57. The summed E-state index contributed by atoms with van der Waals surface area (Å²) < 4.78 is 5.33. The van der Waals surface area contributed by atoms with Crippen molar-refractivity contribution < 1.29 is 4.74 Å². The fraction of sp³-hybridized carbons (Fsp3) is 0.400. The molecule has 74 valence electrons. The van der Waals surface area contributed by atoms with Crippen molar-refractivity contribution in [3.05, 3.63) is 23.9 Å². The molecule has 0 saturated heterocycles. The molecule has 4 heteroatoms. The Labute approximate surface area is 83.5 Å². The average Bonchev–Trinajstić information content (AvgIpc) is 2.25. The van der Waals surface area contributed by atoms with Crippen LogP contribution >= 0.6 is 0 Å². The van der Waals surface area contributed by atoms with Crippen molar-refractivity contribution in [2.24, 2.45) is 0 Å². The van der Waals surface area contributed by atoms with Crippen molar-refractivity contribution in [2.45, 2.75) is 6.92 Å². The normalized spacial score (nSPS) is 9.43. The fourth-order valence-corrected chi connectivity index (χ4v) is 0.962. The molecule has 4 nitrogen and oxygen atoms in total. The van der Waals surface area contributed by atoms with Crippen LogP contribution in [-0.4, -0.2) is 24.7 Å². The number of ether oxygens (including phenoxy) is 1. The van der Waals surface area contributed by atoms with E-state index >= 15 is 0 Å². The third-order valence-electron chi connectivity index (χ3n) is 1.62. The quantitative estimate of drug-likeness (QED) is 0.704. The molecule has 1 heterocycles. The van der Waals surface area contributed by atoms with Crippen LogP contribution in [0.15, 0.2) is 18.2 Å². The van der Waals surface area contributed by atoms with Crippen LogP contribution in [0.3, 0.4) is 0 Å². The Morgan fingerprint density at radius 3 is 3.14 bits per heavy atom. The third-order valence-corrected chi connectivity index (χ3v) is 1.62. The number of nitrogens with one attached hydrogen (secondary N) is 1. The molecule has 1 N–H and O–H groups in total. The highest BCUT2D eigenvalue weighted by Crippen LogP contribution is 2.05. The van der Waals surface area contributed by atoms with E-state index in [1.54, 1.807) is 18.2 Å².